The third-order valence-electron chi connectivity index (χ3n) is 3.40. The number of anilines is 1. The lowest BCUT2D eigenvalue weighted by molar-refractivity contribution is -0.125. The monoisotopic (exact) mass is 335 g/mol. The van der Waals surface area contributed by atoms with Gasteiger partial charge in [0.25, 0.3) is 5.91 Å². The molecule has 1 aliphatic heterocycles. The normalized spacial score (nSPS) is 16.6. The van der Waals surface area contributed by atoms with E-state index in [1.54, 1.807) is 36.4 Å². The zero-order valence-electron chi connectivity index (χ0n) is 11.3. The van der Waals surface area contributed by atoms with Crippen molar-refractivity contribution in [3.8, 4) is 0 Å². The van der Waals surface area contributed by atoms with Gasteiger partial charge in [-0.25, -0.2) is 4.79 Å². The number of amides is 1. The summed E-state index contributed by atoms with van der Waals surface area (Å²) in [7, 11) is 0. The fraction of sp³-hybridized carbons (Fsp3) is 0.125. The van der Waals surface area contributed by atoms with E-state index in [0.29, 0.717) is 27.7 Å². The summed E-state index contributed by atoms with van der Waals surface area (Å²) in [5.41, 5.74) is 1.58. The first kappa shape index (κ1) is 14.9. The Kier molecular flexibility index (Phi) is 4.05. The minimum Gasteiger partial charge on any atom is -0.448 e. The first-order valence-electron chi connectivity index (χ1n) is 6.60. The van der Waals surface area contributed by atoms with Crippen molar-refractivity contribution in [3.05, 3.63) is 63.6 Å². The molecule has 3 rings (SSSR count). The molecule has 0 aromatic heterocycles. The van der Waals surface area contributed by atoms with Crippen LogP contribution in [0.4, 0.5) is 5.69 Å². The van der Waals surface area contributed by atoms with Gasteiger partial charge in [0.2, 0.25) is 0 Å². The summed E-state index contributed by atoms with van der Waals surface area (Å²) in [6, 6.07) is 12.0. The van der Waals surface area contributed by atoms with Crippen LogP contribution in [0.5, 0.6) is 0 Å². The molecule has 1 atom stereocenters. The molecule has 112 valence electrons. The van der Waals surface area contributed by atoms with E-state index in [4.69, 9.17) is 27.9 Å². The molecule has 0 spiro atoms. The Morgan fingerprint density at radius 1 is 1.09 bits per heavy atom. The molecule has 0 bridgehead atoms. The number of ether oxygens (including phenoxy) is 1. The second-order valence-electron chi connectivity index (χ2n) is 4.84. The SMILES string of the molecule is O=C1OC(C(=O)Nc2c(Cl)cccc2Cl)Cc2ccccc21. The van der Waals surface area contributed by atoms with Crippen molar-refractivity contribution >= 4 is 40.8 Å². The zero-order valence-corrected chi connectivity index (χ0v) is 12.8. The largest absolute Gasteiger partial charge is 0.448 e. The van der Waals surface area contributed by atoms with Crippen molar-refractivity contribution in [1.29, 1.82) is 0 Å². The minimum atomic E-state index is -0.908. The molecular weight excluding hydrogens is 325 g/mol. The maximum Gasteiger partial charge on any atom is 0.339 e. The van der Waals surface area contributed by atoms with Crippen LogP contribution in [-0.2, 0) is 16.0 Å². The number of halogens is 2. The summed E-state index contributed by atoms with van der Waals surface area (Å²) in [6.07, 6.45) is -0.592. The molecule has 6 heteroatoms. The highest BCUT2D eigenvalue weighted by molar-refractivity contribution is 6.39. The number of nitrogens with one attached hydrogen (secondary N) is 1. The Hall–Kier alpha value is -2.04. The molecule has 0 saturated carbocycles. The fourth-order valence-corrected chi connectivity index (χ4v) is 2.79. The highest BCUT2D eigenvalue weighted by Gasteiger charge is 2.31. The van der Waals surface area contributed by atoms with E-state index in [2.05, 4.69) is 5.32 Å². The van der Waals surface area contributed by atoms with Crippen LogP contribution < -0.4 is 5.32 Å². The lowest BCUT2D eigenvalue weighted by Crippen LogP contribution is -2.38. The second kappa shape index (κ2) is 5.99. The van der Waals surface area contributed by atoms with Crippen LogP contribution in [0.15, 0.2) is 42.5 Å². The minimum absolute atomic E-state index is 0.311. The van der Waals surface area contributed by atoms with Gasteiger partial charge in [-0.3, -0.25) is 4.79 Å². The molecule has 2 aromatic carbocycles. The van der Waals surface area contributed by atoms with E-state index in [1.165, 1.54) is 0 Å². The third kappa shape index (κ3) is 2.80. The van der Waals surface area contributed by atoms with Gasteiger partial charge in [0, 0.05) is 6.42 Å². The van der Waals surface area contributed by atoms with E-state index in [1.807, 2.05) is 6.07 Å². The second-order valence-corrected chi connectivity index (χ2v) is 5.66. The predicted molar refractivity (Wildman–Crippen MR) is 84.4 cm³/mol. The molecule has 1 amide bonds. The first-order valence-corrected chi connectivity index (χ1v) is 7.35. The van der Waals surface area contributed by atoms with E-state index >= 15 is 0 Å². The van der Waals surface area contributed by atoms with Crippen molar-refractivity contribution in [2.45, 2.75) is 12.5 Å². The molecule has 0 aliphatic carbocycles. The van der Waals surface area contributed by atoms with Gasteiger partial charge in [-0.1, -0.05) is 47.5 Å². The van der Waals surface area contributed by atoms with E-state index in [-0.39, 0.29) is 0 Å². The summed E-state index contributed by atoms with van der Waals surface area (Å²) in [6.45, 7) is 0. The van der Waals surface area contributed by atoms with Gasteiger partial charge in [0.1, 0.15) is 0 Å². The van der Waals surface area contributed by atoms with E-state index in [9.17, 15) is 9.59 Å². The summed E-state index contributed by atoms with van der Waals surface area (Å²) in [5.74, 6) is -0.967. The predicted octanol–water partition coefficient (Wildman–Crippen LogP) is 3.71. The maximum absolute atomic E-state index is 12.3. The molecule has 1 unspecified atom stereocenters. The third-order valence-corrected chi connectivity index (χ3v) is 4.03. The van der Waals surface area contributed by atoms with Gasteiger partial charge in [0.05, 0.1) is 21.3 Å². The number of fused-ring (bicyclic) bond motifs is 1. The molecule has 0 fully saturated rings. The Bertz CT molecular complexity index is 741. The summed E-state index contributed by atoms with van der Waals surface area (Å²) >= 11 is 12.0. The number of hydrogen-bond donors (Lipinski definition) is 1. The van der Waals surface area contributed by atoms with Gasteiger partial charge in [-0.15, -0.1) is 0 Å². The van der Waals surface area contributed by atoms with Crippen LogP contribution in [0.2, 0.25) is 10.0 Å². The van der Waals surface area contributed by atoms with Crippen LogP contribution in [0.25, 0.3) is 0 Å². The van der Waals surface area contributed by atoms with E-state index in [0.717, 1.165) is 5.56 Å². The highest BCUT2D eigenvalue weighted by atomic mass is 35.5. The lowest BCUT2D eigenvalue weighted by atomic mass is 9.98. The Morgan fingerprint density at radius 2 is 1.77 bits per heavy atom. The lowest BCUT2D eigenvalue weighted by Gasteiger charge is -2.24. The van der Waals surface area contributed by atoms with Crippen LogP contribution in [-0.4, -0.2) is 18.0 Å². The smallest absolute Gasteiger partial charge is 0.339 e. The molecule has 1 aliphatic rings. The fourth-order valence-electron chi connectivity index (χ4n) is 2.30. The Balaban J connectivity index is 1.81. The molecule has 0 radical (unpaired) electrons. The number of carbonyl (C=O) groups is 2. The number of esters is 1. The first-order chi connectivity index (χ1) is 10.6. The highest BCUT2D eigenvalue weighted by Crippen LogP contribution is 2.30. The number of para-hydroxylation sites is 1. The van der Waals surface area contributed by atoms with Gasteiger partial charge in [-0.2, -0.15) is 0 Å². The Morgan fingerprint density at radius 3 is 2.50 bits per heavy atom. The summed E-state index contributed by atoms with van der Waals surface area (Å²) in [4.78, 5) is 24.3. The van der Waals surface area contributed by atoms with Gasteiger partial charge in [0.15, 0.2) is 6.10 Å². The zero-order chi connectivity index (χ0) is 15.7. The molecule has 22 heavy (non-hydrogen) atoms. The molecular formula is C16H11Cl2NO3. The standard InChI is InChI=1S/C16H11Cl2NO3/c17-11-6-3-7-12(18)14(11)19-15(20)13-8-9-4-1-2-5-10(9)16(21)22-13/h1-7,13H,8H2,(H,19,20). The van der Waals surface area contributed by atoms with Crippen LogP contribution >= 0.6 is 23.2 Å². The molecule has 2 aromatic rings. The number of hydrogen-bond acceptors (Lipinski definition) is 3. The van der Waals surface area contributed by atoms with Crippen LogP contribution in [0, 0.1) is 0 Å². The average molecular weight is 336 g/mol. The molecule has 1 heterocycles. The number of rotatable bonds is 2. The van der Waals surface area contributed by atoms with Gasteiger partial charge in [-0.05, 0) is 23.8 Å². The molecule has 0 saturated heterocycles. The van der Waals surface area contributed by atoms with Crippen molar-refractivity contribution < 1.29 is 14.3 Å². The summed E-state index contributed by atoms with van der Waals surface area (Å²) in [5, 5.41) is 3.26. The quantitative estimate of drug-likeness (QED) is 0.851. The maximum atomic E-state index is 12.3. The van der Waals surface area contributed by atoms with Crippen molar-refractivity contribution in [2.75, 3.05) is 5.32 Å². The van der Waals surface area contributed by atoms with Gasteiger partial charge < -0.3 is 10.1 Å². The number of benzene rings is 2. The molecule has 1 N–H and O–H groups in total. The summed E-state index contributed by atoms with van der Waals surface area (Å²) < 4.78 is 5.19. The number of cyclic esters (lactones) is 1. The number of carbonyl (C=O) groups excluding carboxylic acids is 2. The van der Waals surface area contributed by atoms with Crippen molar-refractivity contribution in [2.24, 2.45) is 0 Å². The molecule has 4 nitrogen and oxygen atoms in total. The Labute approximate surface area is 137 Å². The van der Waals surface area contributed by atoms with Crippen LogP contribution in [0.3, 0.4) is 0 Å². The average Bonchev–Trinajstić information content (AvgIpc) is 2.51. The van der Waals surface area contributed by atoms with Crippen molar-refractivity contribution in [3.63, 3.8) is 0 Å². The van der Waals surface area contributed by atoms with Crippen LogP contribution in [0.1, 0.15) is 15.9 Å². The van der Waals surface area contributed by atoms with Gasteiger partial charge >= 0.3 is 5.97 Å². The van der Waals surface area contributed by atoms with Crippen molar-refractivity contribution in [1.82, 2.24) is 0 Å². The van der Waals surface area contributed by atoms with E-state index < -0.39 is 18.0 Å². The topological polar surface area (TPSA) is 55.4 Å².